The molecule has 8 heteroatoms. The summed E-state index contributed by atoms with van der Waals surface area (Å²) in [5.41, 5.74) is 5.87. The molecule has 23 heavy (non-hydrogen) atoms. The summed E-state index contributed by atoms with van der Waals surface area (Å²) in [5, 5.41) is 3.21. The van der Waals surface area contributed by atoms with Gasteiger partial charge in [-0.05, 0) is 26.2 Å². The number of carbonyl (C=O) groups excluding carboxylic acids is 1. The van der Waals surface area contributed by atoms with Gasteiger partial charge in [0, 0.05) is 25.7 Å². The summed E-state index contributed by atoms with van der Waals surface area (Å²) in [5.74, 6) is 0.452. The summed E-state index contributed by atoms with van der Waals surface area (Å²) in [6, 6.07) is 0.260. The molecule has 1 aliphatic heterocycles. The molecule has 0 atom stereocenters. The zero-order chi connectivity index (χ0) is 16.2. The van der Waals surface area contributed by atoms with Crippen LogP contribution in [0.2, 0.25) is 0 Å². The summed E-state index contributed by atoms with van der Waals surface area (Å²) in [7, 11) is 0. The van der Waals surface area contributed by atoms with E-state index in [1.165, 1.54) is 0 Å². The van der Waals surface area contributed by atoms with Crippen molar-refractivity contribution in [1.82, 2.24) is 10.2 Å². The van der Waals surface area contributed by atoms with Gasteiger partial charge in [-0.2, -0.15) is 0 Å². The Balaban J connectivity index is 0.00000484. The van der Waals surface area contributed by atoms with Crippen LogP contribution in [0.25, 0.3) is 0 Å². The normalized spacial score (nSPS) is 15.9. The highest BCUT2D eigenvalue weighted by Gasteiger charge is 2.23. The Bertz CT molecular complexity index is 348. The highest BCUT2D eigenvalue weighted by Crippen LogP contribution is 2.11. The summed E-state index contributed by atoms with van der Waals surface area (Å²) in [6.45, 7) is 7.69. The fourth-order valence-electron chi connectivity index (χ4n) is 2.26. The predicted molar refractivity (Wildman–Crippen MR) is 102 cm³/mol. The fraction of sp³-hybridized carbons (Fsp3) is 0.867. The monoisotopic (exact) mass is 442 g/mol. The van der Waals surface area contributed by atoms with Crippen LogP contribution in [0, 0.1) is 0 Å². The van der Waals surface area contributed by atoms with Crippen molar-refractivity contribution in [3.8, 4) is 0 Å². The molecule has 1 fully saturated rings. The van der Waals surface area contributed by atoms with Gasteiger partial charge in [0.2, 0.25) is 0 Å². The number of hydrogen-bond donors (Lipinski definition) is 2. The van der Waals surface area contributed by atoms with Crippen molar-refractivity contribution in [2.24, 2.45) is 10.7 Å². The van der Waals surface area contributed by atoms with Crippen molar-refractivity contribution in [2.75, 3.05) is 39.5 Å². The maximum Gasteiger partial charge on any atom is 0.409 e. The van der Waals surface area contributed by atoms with Gasteiger partial charge in [-0.1, -0.05) is 13.3 Å². The van der Waals surface area contributed by atoms with Crippen molar-refractivity contribution in [3.05, 3.63) is 0 Å². The summed E-state index contributed by atoms with van der Waals surface area (Å²) in [6.07, 6.45) is 3.68. The zero-order valence-electron chi connectivity index (χ0n) is 14.3. The third-order valence-electron chi connectivity index (χ3n) is 3.53. The topological polar surface area (TPSA) is 89.2 Å². The summed E-state index contributed by atoms with van der Waals surface area (Å²) in [4.78, 5) is 17.6. The van der Waals surface area contributed by atoms with E-state index in [1.807, 2.05) is 6.92 Å². The van der Waals surface area contributed by atoms with Gasteiger partial charge in [0.05, 0.1) is 19.8 Å². The lowest BCUT2D eigenvalue weighted by Crippen LogP contribution is -2.48. The highest BCUT2D eigenvalue weighted by molar-refractivity contribution is 14.0. The number of nitrogens with zero attached hydrogens (tertiary/aromatic N) is 2. The van der Waals surface area contributed by atoms with Crippen LogP contribution in [0.4, 0.5) is 4.79 Å². The van der Waals surface area contributed by atoms with Crippen LogP contribution >= 0.6 is 24.0 Å². The molecule has 0 unspecified atom stereocenters. The van der Waals surface area contributed by atoms with E-state index >= 15 is 0 Å². The molecule has 3 N–H and O–H groups in total. The molecule has 136 valence electrons. The quantitative estimate of drug-likeness (QED) is 0.260. The van der Waals surface area contributed by atoms with Gasteiger partial charge in [0.15, 0.2) is 5.96 Å². The maximum absolute atomic E-state index is 11.6. The highest BCUT2D eigenvalue weighted by atomic mass is 127. The van der Waals surface area contributed by atoms with Crippen molar-refractivity contribution < 1.29 is 14.3 Å². The van der Waals surface area contributed by atoms with Gasteiger partial charge in [-0.15, -0.1) is 24.0 Å². The molecule has 1 aliphatic rings. The van der Waals surface area contributed by atoms with Crippen LogP contribution in [0.15, 0.2) is 4.99 Å². The number of halogens is 1. The lowest BCUT2D eigenvalue weighted by molar-refractivity contribution is 0.0963. The number of aliphatic imine (C=N–C) groups is 1. The molecule has 1 amide bonds. The minimum absolute atomic E-state index is 0. The van der Waals surface area contributed by atoms with Crippen LogP contribution in [-0.2, 0) is 9.47 Å². The Labute approximate surface area is 156 Å². The van der Waals surface area contributed by atoms with E-state index in [9.17, 15) is 4.79 Å². The molecule has 0 saturated carbocycles. The van der Waals surface area contributed by atoms with E-state index in [2.05, 4.69) is 17.2 Å². The number of likely N-dealkylation sites (tertiary alicyclic amines) is 1. The number of amides is 1. The van der Waals surface area contributed by atoms with Crippen molar-refractivity contribution in [1.29, 1.82) is 0 Å². The first-order chi connectivity index (χ1) is 10.7. The Morgan fingerprint density at radius 1 is 1.30 bits per heavy atom. The number of nitrogens with one attached hydrogen (secondary N) is 1. The fourth-order valence-corrected chi connectivity index (χ4v) is 2.26. The second kappa shape index (κ2) is 13.6. The van der Waals surface area contributed by atoms with E-state index in [0.29, 0.717) is 38.8 Å². The molecule has 0 aromatic rings. The second-order valence-electron chi connectivity index (χ2n) is 5.34. The molecule has 1 heterocycles. The number of guanidine groups is 1. The second-order valence-corrected chi connectivity index (χ2v) is 5.34. The third-order valence-corrected chi connectivity index (χ3v) is 3.53. The molecule has 0 aromatic carbocycles. The van der Waals surface area contributed by atoms with Crippen molar-refractivity contribution in [3.63, 3.8) is 0 Å². The summed E-state index contributed by atoms with van der Waals surface area (Å²) >= 11 is 0. The molecular weight excluding hydrogens is 411 g/mol. The number of nitrogens with two attached hydrogens (primary N) is 1. The van der Waals surface area contributed by atoms with Crippen LogP contribution in [0.3, 0.4) is 0 Å². The van der Waals surface area contributed by atoms with Gasteiger partial charge in [0.1, 0.15) is 0 Å². The standard InChI is InChI=1S/C15H30N4O3.HI/c1-3-5-11-21-12-8-17-14(16)18-13-6-9-19(10-7-13)15(20)22-4-2;/h13H,3-12H2,1-2H3,(H3,16,17,18);1H. The largest absolute Gasteiger partial charge is 0.450 e. The molecule has 1 saturated heterocycles. The number of rotatable bonds is 8. The van der Waals surface area contributed by atoms with E-state index in [4.69, 9.17) is 15.2 Å². The zero-order valence-corrected chi connectivity index (χ0v) is 16.6. The maximum atomic E-state index is 11.6. The smallest absolute Gasteiger partial charge is 0.409 e. The number of ether oxygens (including phenoxy) is 2. The number of unbranched alkanes of at least 4 members (excludes halogenated alkanes) is 1. The van der Waals surface area contributed by atoms with Gasteiger partial charge >= 0.3 is 6.09 Å². The van der Waals surface area contributed by atoms with E-state index in [-0.39, 0.29) is 36.1 Å². The molecule has 0 radical (unpaired) electrons. The predicted octanol–water partition coefficient (Wildman–Crippen LogP) is 1.95. The van der Waals surface area contributed by atoms with Gasteiger partial charge in [-0.25, -0.2) is 4.79 Å². The molecule has 0 spiro atoms. The molecule has 0 bridgehead atoms. The molecular formula is C15H31IN4O3. The molecule has 0 aromatic heterocycles. The van der Waals surface area contributed by atoms with E-state index in [0.717, 1.165) is 32.3 Å². The number of carbonyl (C=O) groups is 1. The van der Waals surface area contributed by atoms with E-state index in [1.54, 1.807) is 4.90 Å². The number of hydrogen-bond acceptors (Lipinski definition) is 4. The minimum Gasteiger partial charge on any atom is -0.450 e. The Kier molecular flexibility index (Phi) is 13.2. The van der Waals surface area contributed by atoms with Crippen molar-refractivity contribution >= 4 is 36.0 Å². The first-order valence-electron chi connectivity index (χ1n) is 8.23. The minimum atomic E-state index is -0.230. The molecule has 1 rings (SSSR count). The van der Waals surface area contributed by atoms with Crippen LogP contribution in [-0.4, -0.2) is 62.4 Å². The number of piperidine rings is 1. The van der Waals surface area contributed by atoms with Gasteiger partial charge in [-0.3, -0.25) is 4.99 Å². The van der Waals surface area contributed by atoms with Crippen molar-refractivity contribution in [2.45, 2.75) is 45.6 Å². The lowest BCUT2D eigenvalue weighted by Gasteiger charge is -2.31. The van der Waals surface area contributed by atoms with Crippen LogP contribution < -0.4 is 11.1 Å². The Hall–Kier alpha value is -0.770. The lowest BCUT2D eigenvalue weighted by atomic mass is 10.1. The van der Waals surface area contributed by atoms with Crippen LogP contribution in [0.1, 0.15) is 39.5 Å². The SMILES string of the molecule is CCCCOCCN=C(N)NC1CCN(C(=O)OCC)CC1.I. The van der Waals surface area contributed by atoms with Gasteiger partial charge in [0.25, 0.3) is 0 Å². The first-order valence-corrected chi connectivity index (χ1v) is 8.23. The van der Waals surface area contributed by atoms with E-state index < -0.39 is 0 Å². The molecule has 7 nitrogen and oxygen atoms in total. The van der Waals surface area contributed by atoms with Gasteiger partial charge < -0.3 is 25.4 Å². The first kappa shape index (κ1) is 22.2. The summed E-state index contributed by atoms with van der Waals surface area (Å²) < 4.78 is 10.4. The third kappa shape index (κ3) is 9.85. The Morgan fingerprint density at radius 3 is 2.61 bits per heavy atom. The van der Waals surface area contributed by atoms with Crippen LogP contribution in [0.5, 0.6) is 0 Å². The average Bonchev–Trinajstić information content (AvgIpc) is 2.51. The Morgan fingerprint density at radius 2 is 2.00 bits per heavy atom. The average molecular weight is 442 g/mol. The molecule has 0 aliphatic carbocycles.